The molecule has 1 heterocycles. The Morgan fingerprint density at radius 3 is 3.05 bits per heavy atom. The van der Waals surface area contributed by atoms with Crippen molar-refractivity contribution in [2.45, 2.75) is 38.0 Å². The summed E-state index contributed by atoms with van der Waals surface area (Å²) in [6.45, 7) is 0.736. The number of aromatic nitrogens is 1. The summed E-state index contributed by atoms with van der Waals surface area (Å²) < 4.78 is 5.50. The van der Waals surface area contributed by atoms with Crippen molar-refractivity contribution in [3.63, 3.8) is 0 Å². The van der Waals surface area contributed by atoms with Crippen molar-refractivity contribution in [3.05, 3.63) is 36.0 Å². The van der Waals surface area contributed by atoms with E-state index in [1.807, 2.05) is 30.3 Å². The number of fused-ring (bicyclic) bond motifs is 1. The van der Waals surface area contributed by atoms with Crippen LogP contribution in [0.5, 0.6) is 0 Å². The first-order valence-electron chi connectivity index (χ1n) is 7.18. The monoisotopic (exact) mass is 271 g/mol. The Balaban J connectivity index is 1.74. The summed E-state index contributed by atoms with van der Waals surface area (Å²) in [6.07, 6.45) is 3.86. The highest BCUT2D eigenvalue weighted by atomic mass is 16.5. The molecular weight excluding hydrogens is 250 g/mol. The van der Waals surface area contributed by atoms with Crippen molar-refractivity contribution in [1.82, 2.24) is 10.3 Å². The third-order valence-corrected chi connectivity index (χ3v) is 4.10. The normalized spacial score (nSPS) is 22.4. The molecular formula is C16H21N3O. The summed E-state index contributed by atoms with van der Waals surface area (Å²) in [6, 6.07) is 10.4. The molecule has 1 aliphatic carbocycles. The predicted octanol–water partition coefficient (Wildman–Crippen LogP) is 2.47. The maximum atomic E-state index is 6.10. The molecule has 0 bridgehead atoms. The number of pyridine rings is 1. The van der Waals surface area contributed by atoms with Crippen LogP contribution in [0.1, 0.15) is 25.0 Å². The van der Waals surface area contributed by atoms with Crippen LogP contribution in [-0.4, -0.2) is 24.2 Å². The van der Waals surface area contributed by atoms with E-state index in [4.69, 9.17) is 10.5 Å². The van der Waals surface area contributed by atoms with Gasteiger partial charge in [-0.2, -0.15) is 0 Å². The molecule has 1 aromatic heterocycles. The van der Waals surface area contributed by atoms with E-state index in [2.05, 4.69) is 10.3 Å². The minimum Gasteiger partial charge on any atom is -0.398 e. The van der Waals surface area contributed by atoms with Gasteiger partial charge in [-0.15, -0.1) is 0 Å². The van der Waals surface area contributed by atoms with E-state index in [-0.39, 0.29) is 0 Å². The lowest BCUT2D eigenvalue weighted by molar-refractivity contribution is 0.0846. The van der Waals surface area contributed by atoms with Crippen molar-refractivity contribution >= 4 is 16.6 Å². The maximum Gasteiger partial charge on any atom is 0.0726 e. The highest BCUT2D eigenvalue weighted by molar-refractivity contribution is 5.90. The number of methoxy groups -OCH3 is 1. The van der Waals surface area contributed by atoms with E-state index in [9.17, 15) is 0 Å². The molecule has 20 heavy (non-hydrogen) atoms. The molecule has 0 amide bonds. The first kappa shape index (κ1) is 13.3. The second-order valence-corrected chi connectivity index (χ2v) is 5.41. The number of nitrogen functional groups attached to an aromatic ring is 1. The highest BCUT2D eigenvalue weighted by Crippen LogP contribution is 2.23. The summed E-state index contributed by atoms with van der Waals surface area (Å²) >= 11 is 0. The Morgan fingerprint density at radius 1 is 1.35 bits per heavy atom. The molecule has 0 spiro atoms. The van der Waals surface area contributed by atoms with Crippen molar-refractivity contribution in [3.8, 4) is 0 Å². The lowest BCUT2D eigenvalue weighted by Crippen LogP contribution is -2.36. The maximum absolute atomic E-state index is 6.10. The molecule has 2 atom stereocenters. The fraction of sp³-hybridized carbons (Fsp3) is 0.438. The predicted molar refractivity (Wildman–Crippen MR) is 81.4 cm³/mol. The molecule has 1 fully saturated rings. The van der Waals surface area contributed by atoms with Crippen LogP contribution < -0.4 is 11.1 Å². The summed E-state index contributed by atoms with van der Waals surface area (Å²) in [4.78, 5) is 4.66. The zero-order chi connectivity index (χ0) is 13.9. The second-order valence-electron chi connectivity index (χ2n) is 5.41. The molecule has 2 unspecified atom stereocenters. The second kappa shape index (κ2) is 5.77. The quantitative estimate of drug-likeness (QED) is 0.897. The molecule has 3 rings (SSSR count). The molecule has 4 nitrogen and oxygen atoms in total. The van der Waals surface area contributed by atoms with E-state index in [0.717, 1.165) is 35.2 Å². The average Bonchev–Trinajstić information content (AvgIpc) is 2.93. The Hall–Kier alpha value is -1.65. The summed E-state index contributed by atoms with van der Waals surface area (Å²) in [5.41, 5.74) is 8.84. The number of rotatable bonds is 4. The van der Waals surface area contributed by atoms with Gasteiger partial charge in [-0.25, -0.2) is 0 Å². The lowest BCUT2D eigenvalue weighted by atomic mass is 10.1. The van der Waals surface area contributed by atoms with Gasteiger partial charge in [0.2, 0.25) is 0 Å². The van der Waals surface area contributed by atoms with E-state index in [1.165, 1.54) is 12.8 Å². The van der Waals surface area contributed by atoms with Gasteiger partial charge in [0.15, 0.2) is 0 Å². The zero-order valence-electron chi connectivity index (χ0n) is 11.8. The molecule has 3 N–H and O–H groups in total. The number of anilines is 1. The van der Waals surface area contributed by atoms with Crippen LogP contribution in [-0.2, 0) is 11.3 Å². The minimum absolute atomic E-state index is 0.327. The van der Waals surface area contributed by atoms with Crippen LogP contribution in [0.15, 0.2) is 30.3 Å². The van der Waals surface area contributed by atoms with Crippen LogP contribution in [0.3, 0.4) is 0 Å². The number of hydrogen-bond donors (Lipinski definition) is 2. The van der Waals surface area contributed by atoms with Gasteiger partial charge in [0.1, 0.15) is 0 Å². The number of nitrogens with two attached hydrogens (primary N) is 1. The molecule has 0 aliphatic heterocycles. The molecule has 1 aliphatic rings. The Labute approximate surface area is 119 Å². The molecule has 1 aromatic carbocycles. The number of nitrogens with zero attached hydrogens (tertiary/aromatic N) is 1. The van der Waals surface area contributed by atoms with Gasteiger partial charge < -0.3 is 15.8 Å². The van der Waals surface area contributed by atoms with Crippen LogP contribution in [0, 0.1) is 0 Å². The number of benzene rings is 1. The first-order valence-corrected chi connectivity index (χ1v) is 7.18. The molecule has 4 heteroatoms. The Bertz CT molecular complexity index is 599. The van der Waals surface area contributed by atoms with Crippen molar-refractivity contribution < 1.29 is 4.74 Å². The van der Waals surface area contributed by atoms with Gasteiger partial charge in [-0.05, 0) is 31.4 Å². The summed E-state index contributed by atoms with van der Waals surface area (Å²) in [5.74, 6) is 0. The summed E-state index contributed by atoms with van der Waals surface area (Å²) in [7, 11) is 1.79. The topological polar surface area (TPSA) is 60.2 Å². The third kappa shape index (κ3) is 2.62. The van der Waals surface area contributed by atoms with Gasteiger partial charge >= 0.3 is 0 Å². The third-order valence-electron chi connectivity index (χ3n) is 4.10. The van der Waals surface area contributed by atoms with Gasteiger partial charge in [0.05, 0.1) is 17.3 Å². The first-order chi connectivity index (χ1) is 9.78. The Kier molecular flexibility index (Phi) is 3.85. The molecule has 2 aromatic rings. The minimum atomic E-state index is 0.327. The fourth-order valence-electron chi connectivity index (χ4n) is 3.03. The number of nitrogens with one attached hydrogen (secondary N) is 1. The van der Waals surface area contributed by atoms with Crippen LogP contribution in [0.4, 0.5) is 5.69 Å². The fourth-order valence-corrected chi connectivity index (χ4v) is 3.03. The van der Waals surface area contributed by atoms with Gasteiger partial charge in [-0.3, -0.25) is 4.98 Å². The van der Waals surface area contributed by atoms with Gasteiger partial charge in [0.25, 0.3) is 0 Å². The van der Waals surface area contributed by atoms with Crippen molar-refractivity contribution in [2.75, 3.05) is 12.8 Å². The smallest absolute Gasteiger partial charge is 0.0726 e. The van der Waals surface area contributed by atoms with E-state index in [1.54, 1.807) is 7.11 Å². The van der Waals surface area contributed by atoms with E-state index in [0.29, 0.717) is 12.1 Å². The molecule has 106 valence electrons. The van der Waals surface area contributed by atoms with Gasteiger partial charge in [-0.1, -0.05) is 18.2 Å². The standard InChI is InChI=1S/C16H21N3O/c1-20-16-8-4-7-15(16)18-10-11-9-13(17)12-5-2-3-6-14(12)19-11/h2-3,5-6,9,15-16,18H,4,7-8,10H2,1H3,(H2,17,19). The van der Waals surface area contributed by atoms with Crippen molar-refractivity contribution in [2.24, 2.45) is 0 Å². The van der Waals surface area contributed by atoms with Crippen molar-refractivity contribution in [1.29, 1.82) is 0 Å². The van der Waals surface area contributed by atoms with E-state index < -0.39 is 0 Å². The highest BCUT2D eigenvalue weighted by Gasteiger charge is 2.26. The Morgan fingerprint density at radius 2 is 2.20 bits per heavy atom. The van der Waals surface area contributed by atoms with Crippen LogP contribution in [0.2, 0.25) is 0 Å². The zero-order valence-corrected chi connectivity index (χ0v) is 11.8. The van der Waals surface area contributed by atoms with Crippen LogP contribution in [0.25, 0.3) is 10.9 Å². The average molecular weight is 271 g/mol. The number of para-hydroxylation sites is 1. The molecule has 0 saturated heterocycles. The summed E-state index contributed by atoms with van der Waals surface area (Å²) in [5, 5.41) is 4.57. The van der Waals surface area contributed by atoms with E-state index >= 15 is 0 Å². The number of hydrogen-bond acceptors (Lipinski definition) is 4. The SMILES string of the molecule is COC1CCCC1NCc1cc(N)c2ccccc2n1. The number of ether oxygens (including phenoxy) is 1. The largest absolute Gasteiger partial charge is 0.398 e. The van der Waals surface area contributed by atoms with Crippen LogP contribution >= 0.6 is 0 Å². The van der Waals surface area contributed by atoms with Gasteiger partial charge in [0, 0.05) is 30.8 Å². The molecule has 1 saturated carbocycles. The molecule has 0 radical (unpaired) electrons. The lowest BCUT2D eigenvalue weighted by Gasteiger charge is -2.19.